The number of likely N-dealkylation sites (tertiary alicyclic amines) is 1. The summed E-state index contributed by atoms with van der Waals surface area (Å²) >= 11 is 0. The number of fused-ring (bicyclic) bond motifs is 2. The number of hydrogen-bond donors (Lipinski definition) is 0. The Labute approximate surface area is 198 Å². The number of sulfonamides is 1. The van der Waals surface area contributed by atoms with E-state index in [2.05, 4.69) is 4.98 Å². The van der Waals surface area contributed by atoms with Crippen LogP contribution >= 0.6 is 0 Å². The van der Waals surface area contributed by atoms with E-state index in [-0.39, 0.29) is 35.2 Å². The molecule has 3 atom stereocenters. The van der Waals surface area contributed by atoms with Gasteiger partial charge in [0.15, 0.2) is 0 Å². The van der Waals surface area contributed by atoms with Crippen molar-refractivity contribution in [3.8, 4) is 0 Å². The predicted octanol–water partition coefficient (Wildman–Crippen LogP) is 1.91. The summed E-state index contributed by atoms with van der Waals surface area (Å²) in [5.41, 5.74) is 1.19. The number of imidazole rings is 1. The molecule has 0 radical (unpaired) electrons. The molecule has 0 spiro atoms. The number of carbonyl (C=O) groups excluding carboxylic acids is 3. The van der Waals surface area contributed by atoms with Crippen molar-refractivity contribution in [3.63, 3.8) is 0 Å². The van der Waals surface area contributed by atoms with E-state index >= 15 is 0 Å². The molecule has 0 N–H and O–H groups in total. The molecule has 34 heavy (non-hydrogen) atoms. The highest BCUT2D eigenvalue weighted by molar-refractivity contribution is 7.89. The van der Waals surface area contributed by atoms with Crippen LogP contribution in [0.2, 0.25) is 0 Å². The molecule has 1 saturated carbocycles. The summed E-state index contributed by atoms with van der Waals surface area (Å²) in [6.45, 7) is 3.79. The fourth-order valence-corrected chi connectivity index (χ4v) is 5.85. The van der Waals surface area contributed by atoms with Crippen LogP contribution in [0.25, 0.3) is 11.0 Å². The van der Waals surface area contributed by atoms with Gasteiger partial charge in [0.05, 0.1) is 27.8 Å². The van der Waals surface area contributed by atoms with Crippen LogP contribution in [0.1, 0.15) is 45.4 Å². The summed E-state index contributed by atoms with van der Waals surface area (Å²) in [4.78, 5) is 44.0. The Hall–Kier alpha value is -2.79. The Bertz CT molecular complexity index is 1230. The van der Waals surface area contributed by atoms with Crippen LogP contribution in [0, 0.1) is 11.8 Å². The number of ether oxygens (including phenoxy) is 1. The van der Waals surface area contributed by atoms with Gasteiger partial charge in [-0.3, -0.25) is 14.5 Å². The molecule has 1 aliphatic heterocycles. The van der Waals surface area contributed by atoms with Crippen molar-refractivity contribution in [1.29, 1.82) is 0 Å². The van der Waals surface area contributed by atoms with E-state index in [4.69, 9.17) is 4.74 Å². The molecular weight excluding hydrogens is 460 g/mol. The van der Waals surface area contributed by atoms with Gasteiger partial charge in [-0.2, -0.15) is 0 Å². The van der Waals surface area contributed by atoms with Crippen LogP contribution in [0.4, 0.5) is 0 Å². The minimum atomic E-state index is -3.62. The number of amides is 2. The lowest BCUT2D eigenvalue weighted by Crippen LogP contribution is -2.44. The third-order valence-electron chi connectivity index (χ3n) is 6.84. The molecule has 1 saturated heterocycles. The van der Waals surface area contributed by atoms with Crippen LogP contribution < -0.4 is 0 Å². The SMILES string of the molecule is CCn1c(COC(=O)[C@@H](C)N2C(=O)[C@H]3CCCC[C@@H]3C2=O)nc2cc(S(=O)(=O)N(C)C)ccc21. The van der Waals surface area contributed by atoms with Crippen molar-refractivity contribution in [3.05, 3.63) is 24.0 Å². The standard InChI is InChI=1S/C23H30N4O6S/c1-5-26-19-11-10-15(34(31,32)25(3)4)12-18(19)24-20(26)13-33-23(30)14(2)27-21(28)16-8-6-7-9-17(16)22(27)29/h10-12,14,16-17H,5-9,13H2,1-4H3/t14-,16+,17+/m1/s1. The minimum Gasteiger partial charge on any atom is -0.456 e. The minimum absolute atomic E-state index is 0.121. The Kier molecular flexibility index (Phi) is 6.52. The summed E-state index contributed by atoms with van der Waals surface area (Å²) in [6, 6.07) is 3.68. The summed E-state index contributed by atoms with van der Waals surface area (Å²) in [5, 5.41) is 0. The first-order chi connectivity index (χ1) is 16.1. The van der Waals surface area contributed by atoms with E-state index in [1.165, 1.54) is 33.2 Å². The maximum absolute atomic E-state index is 12.8. The van der Waals surface area contributed by atoms with Gasteiger partial charge in [-0.15, -0.1) is 0 Å². The molecule has 4 rings (SSSR count). The van der Waals surface area contributed by atoms with Crippen molar-refractivity contribution >= 4 is 38.8 Å². The van der Waals surface area contributed by atoms with Gasteiger partial charge >= 0.3 is 5.97 Å². The number of rotatable bonds is 7. The Balaban J connectivity index is 1.52. The molecular formula is C23H30N4O6S. The average Bonchev–Trinajstić information content (AvgIpc) is 3.30. The van der Waals surface area contributed by atoms with Gasteiger partial charge in [-0.1, -0.05) is 12.8 Å². The van der Waals surface area contributed by atoms with Crippen molar-refractivity contribution in [2.45, 2.75) is 63.6 Å². The van der Waals surface area contributed by atoms with Gasteiger partial charge < -0.3 is 9.30 Å². The van der Waals surface area contributed by atoms with Crippen LogP contribution in [-0.2, 0) is 42.3 Å². The topological polar surface area (TPSA) is 119 Å². The number of esters is 1. The maximum Gasteiger partial charge on any atom is 0.329 e. The first kappa shape index (κ1) is 24.3. The second-order valence-electron chi connectivity index (χ2n) is 9.04. The fourth-order valence-electron chi connectivity index (χ4n) is 4.93. The van der Waals surface area contributed by atoms with Crippen LogP contribution in [0.15, 0.2) is 23.1 Å². The second kappa shape index (κ2) is 9.10. The molecule has 1 aromatic carbocycles. The molecule has 2 aromatic rings. The summed E-state index contributed by atoms with van der Waals surface area (Å²) in [6.07, 6.45) is 3.19. The zero-order valence-electron chi connectivity index (χ0n) is 19.9. The summed E-state index contributed by atoms with van der Waals surface area (Å²) in [7, 11) is -0.697. The predicted molar refractivity (Wildman–Crippen MR) is 123 cm³/mol. The molecule has 10 nitrogen and oxygen atoms in total. The van der Waals surface area contributed by atoms with Gasteiger partial charge in [0.1, 0.15) is 18.5 Å². The lowest BCUT2D eigenvalue weighted by atomic mass is 9.81. The molecule has 0 bridgehead atoms. The maximum atomic E-state index is 12.8. The number of imide groups is 1. The number of aryl methyl sites for hydroxylation is 1. The molecule has 2 amide bonds. The monoisotopic (exact) mass is 490 g/mol. The molecule has 2 aliphatic rings. The average molecular weight is 491 g/mol. The highest BCUT2D eigenvalue weighted by Gasteiger charge is 2.51. The molecule has 184 valence electrons. The highest BCUT2D eigenvalue weighted by atomic mass is 32.2. The van der Waals surface area contributed by atoms with E-state index in [1.807, 2.05) is 11.5 Å². The summed E-state index contributed by atoms with van der Waals surface area (Å²) in [5.74, 6) is -1.44. The lowest BCUT2D eigenvalue weighted by Gasteiger charge is -2.21. The zero-order chi connectivity index (χ0) is 24.8. The quantitative estimate of drug-likeness (QED) is 0.430. The number of benzene rings is 1. The molecule has 1 aliphatic carbocycles. The van der Waals surface area contributed by atoms with Crippen LogP contribution in [0.5, 0.6) is 0 Å². The smallest absolute Gasteiger partial charge is 0.329 e. The first-order valence-corrected chi connectivity index (χ1v) is 13.0. The molecule has 2 fully saturated rings. The van der Waals surface area contributed by atoms with Crippen molar-refractivity contribution in [1.82, 2.24) is 18.8 Å². The fraction of sp³-hybridized carbons (Fsp3) is 0.565. The normalized spacial score (nSPS) is 21.9. The van der Waals surface area contributed by atoms with Gasteiger partial charge in [0.2, 0.25) is 21.8 Å². The molecule has 2 heterocycles. The molecule has 11 heteroatoms. The van der Waals surface area contributed by atoms with E-state index in [0.717, 1.165) is 22.0 Å². The van der Waals surface area contributed by atoms with Gasteiger partial charge in [-0.05, 0) is 44.9 Å². The number of hydrogen-bond acceptors (Lipinski definition) is 7. The zero-order valence-corrected chi connectivity index (χ0v) is 20.7. The van der Waals surface area contributed by atoms with E-state index in [0.29, 0.717) is 36.2 Å². The van der Waals surface area contributed by atoms with Gasteiger partial charge in [-0.25, -0.2) is 22.5 Å². The number of carbonyl (C=O) groups is 3. The first-order valence-electron chi connectivity index (χ1n) is 11.5. The highest BCUT2D eigenvalue weighted by Crippen LogP contribution is 2.39. The lowest BCUT2D eigenvalue weighted by molar-refractivity contribution is -0.159. The van der Waals surface area contributed by atoms with E-state index in [1.54, 1.807) is 6.07 Å². The largest absolute Gasteiger partial charge is 0.456 e. The number of aromatic nitrogens is 2. The van der Waals surface area contributed by atoms with E-state index in [9.17, 15) is 22.8 Å². The van der Waals surface area contributed by atoms with Crippen molar-refractivity contribution < 1.29 is 27.5 Å². The van der Waals surface area contributed by atoms with Gasteiger partial charge in [0.25, 0.3) is 0 Å². The molecule has 1 aromatic heterocycles. The summed E-state index contributed by atoms with van der Waals surface area (Å²) < 4.78 is 33.4. The Morgan fingerprint density at radius 1 is 1.18 bits per heavy atom. The second-order valence-corrected chi connectivity index (χ2v) is 11.2. The molecule has 0 unspecified atom stereocenters. The third-order valence-corrected chi connectivity index (χ3v) is 8.65. The number of nitrogens with zero attached hydrogens (tertiary/aromatic N) is 4. The van der Waals surface area contributed by atoms with Crippen molar-refractivity contribution in [2.24, 2.45) is 11.8 Å². The third kappa shape index (κ3) is 4.00. The Morgan fingerprint density at radius 2 is 1.79 bits per heavy atom. The van der Waals surface area contributed by atoms with Crippen LogP contribution in [0.3, 0.4) is 0 Å². The van der Waals surface area contributed by atoms with Crippen LogP contribution in [-0.4, -0.2) is 65.1 Å². The van der Waals surface area contributed by atoms with Gasteiger partial charge in [0, 0.05) is 20.6 Å². The Morgan fingerprint density at radius 3 is 2.35 bits per heavy atom. The van der Waals surface area contributed by atoms with Crippen molar-refractivity contribution in [2.75, 3.05) is 14.1 Å². The van der Waals surface area contributed by atoms with E-state index < -0.39 is 22.0 Å².